The van der Waals surface area contributed by atoms with Gasteiger partial charge < -0.3 is 5.11 Å². The molecule has 1 saturated carbocycles. The van der Waals surface area contributed by atoms with Crippen LogP contribution in [0.1, 0.15) is 36.8 Å². The third-order valence-corrected chi connectivity index (χ3v) is 4.29. The fourth-order valence-electron chi connectivity index (χ4n) is 3.17. The smallest absolute Gasteiger partial charge is 0.109 e. The van der Waals surface area contributed by atoms with Crippen LogP contribution in [0.15, 0.2) is 24.3 Å². The number of nitrogens with zero attached hydrogens (tertiary/aromatic N) is 1. The van der Waals surface area contributed by atoms with E-state index in [1.165, 1.54) is 5.56 Å². The first-order valence-electron chi connectivity index (χ1n) is 6.45. The first-order valence-corrected chi connectivity index (χ1v) is 6.45. The molecule has 0 radical (unpaired) electrons. The Kier molecular flexibility index (Phi) is 2.45. The monoisotopic (exact) mass is 227 g/mol. The molecule has 0 spiro atoms. The number of aliphatic hydroxyl groups excluding tert-OH is 1. The molecule has 0 amide bonds. The zero-order chi connectivity index (χ0) is 11.9. The number of rotatable bonds is 2. The summed E-state index contributed by atoms with van der Waals surface area (Å²) in [7, 11) is 0. The summed E-state index contributed by atoms with van der Waals surface area (Å²) < 4.78 is 0. The van der Waals surface area contributed by atoms with E-state index in [-0.39, 0.29) is 0 Å². The van der Waals surface area contributed by atoms with Crippen molar-refractivity contribution in [1.29, 1.82) is 5.26 Å². The second-order valence-corrected chi connectivity index (χ2v) is 5.38. The lowest BCUT2D eigenvalue weighted by atomic mass is 9.66. The number of fused-ring (bicyclic) bond motifs is 1. The van der Waals surface area contributed by atoms with Gasteiger partial charge in [0, 0.05) is 0 Å². The number of nitriles is 1. The van der Waals surface area contributed by atoms with E-state index in [0.29, 0.717) is 5.92 Å². The van der Waals surface area contributed by atoms with Crippen LogP contribution in [-0.2, 0) is 11.8 Å². The van der Waals surface area contributed by atoms with E-state index in [1.54, 1.807) is 0 Å². The van der Waals surface area contributed by atoms with Gasteiger partial charge in [-0.1, -0.05) is 24.3 Å². The third kappa shape index (κ3) is 1.57. The van der Waals surface area contributed by atoms with Crippen molar-refractivity contribution in [3.05, 3.63) is 35.4 Å². The van der Waals surface area contributed by atoms with Gasteiger partial charge in [0.2, 0.25) is 0 Å². The molecule has 0 aliphatic heterocycles. The van der Waals surface area contributed by atoms with Gasteiger partial charge in [0.1, 0.15) is 5.41 Å². The molecule has 0 saturated heterocycles. The van der Waals surface area contributed by atoms with Gasteiger partial charge in [-0.05, 0) is 49.1 Å². The fourth-order valence-corrected chi connectivity index (χ4v) is 3.17. The Morgan fingerprint density at radius 3 is 2.82 bits per heavy atom. The van der Waals surface area contributed by atoms with Crippen LogP contribution in [-0.4, -0.2) is 11.2 Å². The molecule has 2 heteroatoms. The summed E-state index contributed by atoms with van der Waals surface area (Å²) in [4.78, 5) is 0. The molecule has 2 atom stereocenters. The largest absolute Gasteiger partial charge is 0.391 e. The van der Waals surface area contributed by atoms with Crippen molar-refractivity contribution in [3.8, 4) is 6.07 Å². The van der Waals surface area contributed by atoms with Gasteiger partial charge in [0.15, 0.2) is 0 Å². The molecule has 1 aromatic rings. The van der Waals surface area contributed by atoms with Gasteiger partial charge in [-0.15, -0.1) is 0 Å². The second-order valence-electron chi connectivity index (χ2n) is 5.38. The molecule has 0 aromatic heterocycles. The highest BCUT2D eigenvalue weighted by Crippen LogP contribution is 2.47. The molecule has 2 nitrogen and oxygen atoms in total. The molecule has 2 unspecified atom stereocenters. The molecule has 1 N–H and O–H groups in total. The van der Waals surface area contributed by atoms with E-state index in [4.69, 9.17) is 0 Å². The lowest BCUT2D eigenvalue weighted by molar-refractivity contribution is 0.0789. The zero-order valence-corrected chi connectivity index (χ0v) is 9.89. The van der Waals surface area contributed by atoms with Gasteiger partial charge in [-0.2, -0.15) is 5.26 Å². The van der Waals surface area contributed by atoms with E-state index in [1.807, 2.05) is 18.2 Å². The highest BCUT2D eigenvalue weighted by molar-refractivity contribution is 5.43. The normalized spacial score (nSPS) is 29.2. The topological polar surface area (TPSA) is 44.0 Å². The molecule has 1 aromatic carbocycles. The average molecular weight is 227 g/mol. The van der Waals surface area contributed by atoms with Gasteiger partial charge in [0.25, 0.3) is 0 Å². The van der Waals surface area contributed by atoms with Crippen LogP contribution in [0, 0.1) is 17.2 Å². The second kappa shape index (κ2) is 3.85. The van der Waals surface area contributed by atoms with E-state index < -0.39 is 11.5 Å². The maximum absolute atomic E-state index is 10.5. The lowest BCUT2D eigenvalue weighted by Crippen LogP contribution is -2.42. The maximum Gasteiger partial charge on any atom is 0.109 e. The molecule has 0 bridgehead atoms. The minimum absolute atomic E-state index is 0.348. The van der Waals surface area contributed by atoms with Crippen molar-refractivity contribution in [2.75, 3.05) is 0 Å². The fraction of sp³-hybridized carbons (Fsp3) is 0.533. The number of benzene rings is 1. The zero-order valence-electron chi connectivity index (χ0n) is 9.89. The van der Waals surface area contributed by atoms with Crippen molar-refractivity contribution >= 4 is 0 Å². The summed E-state index contributed by atoms with van der Waals surface area (Å²) in [6, 6.07) is 10.6. The van der Waals surface area contributed by atoms with Crippen LogP contribution < -0.4 is 0 Å². The molecule has 2 aliphatic rings. The van der Waals surface area contributed by atoms with Crippen molar-refractivity contribution in [3.63, 3.8) is 0 Å². The Bertz CT molecular complexity index is 472. The molecular weight excluding hydrogens is 210 g/mol. The van der Waals surface area contributed by atoms with Crippen LogP contribution in [0.5, 0.6) is 0 Å². The van der Waals surface area contributed by atoms with E-state index in [9.17, 15) is 10.4 Å². The quantitative estimate of drug-likeness (QED) is 0.843. The van der Waals surface area contributed by atoms with Crippen molar-refractivity contribution in [2.45, 2.75) is 43.6 Å². The SMILES string of the molecule is N#CC1(C(O)C2CC2)CCCc2ccccc21. The molecular formula is C15H17NO. The minimum Gasteiger partial charge on any atom is -0.391 e. The average Bonchev–Trinajstić information content (AvgIpc) is 3.21. The van der Waals surface area contributed by atoms with Crippen LogP contribution >= 0.6 is 0 Å². The summed E-state index contributed by atoms with van der Waals surface area (Å²) in [5.74, 6) is 0.348. The van der Waals surface area contributed by atoms with E-state index in [0.717, 1.165) is 37.7 Å². The number of aliphatic hydroxyl groups is 1. The van der Waals surface area contributed by atoms with Gasteiger partial charge >= 0.3 is 0 Å². The molecule has 88 valence electrons. The summed E-state index contributed by atoms with van der Waals surface area (Å²) in [5, 5.41) is 20.1. The Morgan fingerprint density at radius 1 is 1.35 bits per heavy atom. The van der Waals surface area contributed by atoms with Crippen molar-refractivity contribution in [1.82, 2.24) is 0 Å². The first kappa shape index (κ1) is 10.8. The lowest BCUT2D eigenvalue weighted by Gasteiger charge is -2.37. The molecule has 17 heavy (non-hydrogen) atoms. The van der Waals surface area contributed by atoms with Crippen molar-refractivity contribution < 1.29 is 5.11 Å². The van der Waals surface area contributed by atoms with Crippen LogP contribution in [0.2, 0.25) is 0 Å². The number of aryl methyl sites for hydroxylation is 1. The summed E-state index contributed by atoms with van der Waals surface area (Å²) in [6.45, 7) is 0. The Hall–Kier alpha value is -1.33. The Balaban J connectivity index is 2.09. The van der Waals surface area contributed by atoms with Crippen LogP contribution in [0.25, 0.3) is 0 Å². The van der Waals surface area contributed by atoms with Gasteiger partial charge in [-0.3, -0.25) is 0 Å². The molecule has 0 heterocycles. The first-order chi connectivity index (χ1) is 8.28. The minimum atomic E-state index is -0.643. The maximum atomic E-state index is 10.5. The Labute approximate surface area is 102 Å². The highest BCUT2D eigenvalue weighted by atomic mass is 16.3. The highest BCUT2D eigenvalue weighted by Gasteiger charge is 2.49. The van der Waals surface area contributed by atoms with Gasteiger partial charge in [0.05, 0.1) is 12.2 Å². The van der Waals surface area contributed by atoms with Crippen molar-refractivity contribution in [2.24, 2.45) is 5.92 Å². The summed E-state index contributed by atoms with van der Waals surface area (Å²) >= 11 is 0. The summed E-state index contributed by atoms with van der Waals surface area (Å²) in [5.41, 5.74) is 1.68. The summed E-state index contributed by atoms with van der Waals surface area (Å²) in [6.07, 6.45) is 4.53. The van der Waals surface area contributed by atoms with Crippen LogP contribution in [0.4, 0.5) is 0 Å². The van der Waals surface area contributed by atoms with Crippen LogP contribution in [0.3, 0.4) is 0 Å². The van der Waals surface area contributed by atoms with E-state index in [2.05, 4.69) is 12.1 Å². The molecule has 3 rings (SSSR count). The molecule has 1 fully saturated rings. The standard InChI is InChI=1S/C15H17NO/c16-10-15(14(17)12-7-8-12)9-3-5-11-4-1-2-6-13(11)15/h1-2,4,6,12,14,17H,3,5,7-9H2. The number of hydrogen-bond donors (Lipinski definition) is 1. The predicted octanol–water partition coefficient (Wildman–Crippen LogP) is 2.56. The molecule has 2 aliphatic carbocycles. The van der Waals surface area contributed by atoms with Gasteiger partial charge in [-0.25, -0.2) is 0 Å². The predicted molar refractivity (Wildman–Crippen MR) is 65.4 cm³/mol. The van der Waals surface area contributed by atoms with E-state index >= 15 is 0 Å². The third-order valence-electron chi connectivity index (χ3n) is 4.29. The number of hydrogen-bond acceptors (Lipinski definition) is 2. The Morgan fingerprint density at radius 2 is 2.12 bits per heavy atom.